The zero-order valence-electron chi connectivity index (χ0n) is 6.93. The zero-order chi connectivity index (χ0) is 10.7. The third-order valence-electron chi connectivity index (χ3n) is 1.46. The number of carbonyl (C=O) groups is 1. The van der Waals surface area contributed by atoms with Gasteiger partial charge in [-0.25, -0.2) is 8.78 Å². The summed E-state index contributed by atoms with van der Waals surface area (Å²) in [5, 5.41) is -0.0452. The van der Waals surface area contributed by atoms with Gasteiger partial charge in [-0.3, -0.25) is 4.79 Å². The Balaban J connectivity index is 3.15. The van der Waals surface area contributed by atoms with E-state index in [-0.39, 0.29) is 10.6 Å². The van der Waals surface area contributed by atoms with E-state index in [9.17, 15) is 13.6 Å². The van der Waals surface area contributed by atoms with Crippen LogP contribution >= 0.6 is 11.6 Å². The summed E-state index contributed by atoms with van der Waals surface area (Å²) in [5.41, 5.74) is 4.43. The second-order valence-electron chi connectivity index (χ2n) is 2.52. The summed E-state index contributed by atoms with van der Waals surface area (Å²) in [4.78, 5) is 10.3. The van der Waals surface area contributed by atoms with Crippen LogP contribution in [0.15, 0.2) is 18.2 Å². The first-order valence-electron chi connectivity index (χ1n) is 3.63. The van der Waals surface area contributed by atoms with Crippen molar-refractivity contribution in [1.82, 2.24) is 0 Å². The molecule has 2 nitrogen and oxygen atoms in total. The Morgan fingerprint density at radius 1 is 1.36 bits per heavy atom. The van der Waals surface area contributed by atoms with Crippen LogP contribution in [-0.2, 0) is 4.79 Å². The first-order valence-corrected chi connectivity index (χ1v) is 4.00. The van der Waals surface area contributed by atoms with Crippen molar-refractivity contribution < 1.29 is 13.6 Å². The second kappa shape index (κ2) is 4.19. The Kier molecular flexibility index (Phi) is 3.19. The summed E-state index contributed by atoms with van der Waals surface area (Å²) in [6.45, 7) is 0. The largest absolute Gasteiger partial charge is 0.366 e. The lowest BCUT2D eigenvalue weighted by Gasteiger charge is -1.99. The van der Waals surface area contributed by atoms with E-state index < -0.39 is 17.5 Å². The summed E-state index contributed by atoms with van der Waals surface area (Å²) < 4.78 is 26.1. The van der Waals surface area contributed by atoms with Gasteiger partial charge in [0.25, 0.3) is 0 Å². The molecule has 0 fully saturated rings. The fourth-order valence-electron chi connectivity index (χ4n) is 0.878. The molecule has 0 saturated carbocycles. The quantitative estimate of drug-likeness (QED) is 0.758. The van der Waals surface area contributed by atoms with E-state index in [1.54, 1.807) is 0 Å². The minimum Gasteiger partial charge on any atom is -0.366 e. The first kappa shape index (κ1) is 10.7. The number of rotatable bonds is 2. The maximum absolute atomic E-state index is 13.0. The van der Waals surface area contributed by atoms with Gasteiger partial charge < -0.3 is 5.73 Å². The predicted octanol–water partition coefficient (Wildman–Crippen LogP) is 2.12. The summed E-state index contributed by atoms with van der Waals surface area (Å²) in [7, 11) is 0. The van der Waals surface area contributed by atoms with Gasteiger partial charge in [-0.05, 0) is 18.2 Å². The van der Waals surface area contributed by atoms with Crippen LogP contribution in [0.3, 0.4) is 0 Å². The smallest absolute Gasteiger partial charge is 0.241 e. The molecule has 0 heterocycles. The average molecular weight is 218 g/mol. The molecule has 0 unspecified atom stereocenters. The third kappa shape index (κ3) is 2.53. The highest BCUT2D eigenvalue weighted by atomic mass is 35.5. The molecule has 1 rings (SSSR count). The SMILES string of the molecule is NC(=O)/C=C/c1c(F)cc(Cl)cc1F. The van der Waals surface area contributed by atoms with Crippen LogP contribution in [0.2, 0.25) is 5.02 Å². The van der Waals surface area contributed by atoms with E-state index in [4.69, 9.17) is 17.3 Å². The van der Waals surface area contributed by atoms with Crippen LogP contribution in [0.1, 0.15) is 5.56 Å². The molecule has 0 atom stereocenters. The van der Waals surface area contributed by atoms with Gasteiger partial charge >= 0.3 is 0 Å². The zero-order valence-corrected chi connectivity index (χ0v) is 7.68. The lowest BCUT2D eigenvalue weighted by molar-refractivity contribution is -0.113. The number of nitrogens with two attached hydrogens (primary N) is 1. The number of benzene rings is 1. The monoisotopic (exact) mass is 217 g/mol. The van der Waals surface area contributed by atoms with Crippen LogP contribution in [0, 0.1) is 11.6 Å². The molecule has 0 aliphatic carbocycles. The molecule has 74 valence electrons. The van der Waals surface area contributed by atoms with Crippen LogP contribution < -0.4 is 5.73 Å². The number of hydrogen-bond acceptors (Lipinski definition) is 1. The van der Waals surface area contributed by atoms with Crippen molar-refractivity contribution in [1.29, 1.82) is 0 Å². The van der Waals surface area contributed by atoms with E-state index in [1.165, 1.54) is 0 Å². The molecule has 0 bridgehead atoms. The van der Waals surface area contributed by atoms with Crippen molar-refractivity contribution in [3.05, 3.63) is 40.4 Å². The summed E-state index contributed by atoms with van der Waals surface area (Å²) in [5.74, 6) is -2.46. The molecule has 1 aromatic carbocycles. The standard InChI is InChI=1S/C9H6ClF2NO/c10-5-3-7(11)6(8(12)4-5)1-2-9(13)14/h1-4H,(H2,13,14)/b2-1+. The van der Waals surface area contributed by atoms with Gasteiger partial charge in [0.1, 0.15) is 11.6 Å². The lowest BCUT2D eigenvalue weighted by Crippen LogP contribution is -2.05. The van der Waals surface area contributed by atoms with Gasteiger partial charge in [0.05, 0.1) is 0 Å². The summed E-state index contributed by atoms with van der Waals surface area (Å²) in [6, 6.07) is 1.90. The number of amides is 1. The van der Waals surface area contributed by atoms with Gasteiger partial charge in [-0.15, -0.1) is 0 Å². The van der Waals surface area contributed by atoms with Gasteiger partial charge in [0, 0.05) is 16.7 Å². The highest BCUT2D eigenvalue weighted by Crippen LogP contribution is 2.19. The number of halogens is 3. The number of primary amides is 1. The highest BCUT2D eigenvalue weighted by Gasteiger charge is 2.07. The van der Waals surface area contributed by atoms with E-state index >= 15 is 0 Å². The molecule has 2 N–H and O–H groups in total. The van der Waals surface area contributed by atoms with Crippen LogP contribution in [0.4, 0.5) is 8.78 Å². The molecule has 14 heavy (non-hydrogen) atoms. The Bertz CT molecular complexity index is 381. The number of hydrogen-bond donors (Lipinski definition) is 1. The Labute approximate surface area is 84.0 Å². The molecule has 0 aliphatic heterocycles. The Hall–Kier alpha value is -1.42. The van der Waals surface area contributed by atoms with Crippen LogP contribution in [-0.4, -0.2) is 5.91 Å². The molecule has 1 amide bonds. The minimum absolute atomic E-state index is 0.0452. The van der Waals surface area contributed by atoms with E-state index in [1.807, 2.05) is 0 Å². The summed E-state index contributed by atoms with van der Waals surface area (Å²) >= 11 is 5.39. The number of carbonyl (C=O) groups excluding carboxylic acids is 1. The summed E-state index contributed by atoms with van der Waals surface area (Å²) in [6.07, 6.45) is 1.83. The van der Waals surface area contributed by atoms with Gasteiger partial charge in [0.2, 0.25) is 5.91 Å². The molecular formula is C9H6ClF2NO. The third-order valence-corrected chi connectivity index (χ3v) is 1.68. The predicted molar refractivity (Wildman–Crippen MR) is 49.6 cm³/mol. The molecule has 0 aliphatic rings. The van der Waals surface area contributed by atoms with Gasteiger partial charge in [-0.1, -0.05) is 11.6 Å². The van der Waals surface area contributed by atoms with Crippen molar-refractivity contribution in [2.45, 2.75) is 0 Å². The molecule has 5 heteroatoms. The van der Waals surface area contributed by atoms with E-state index in [0.717, 1.165) is 24.3 Å². The first-order chi connectivity index (χ1) is 6.50. The molecule has 0 radical (unpaired) electrons. The molecular weight excluding hydrogens is 212 g/mol. The normalized spacial score (nSPS) is 10.8. The molecule has 1 aromatic rings. The van der Waals surface area contributed by atoms with E-state index in [0.29, 0.717) is 0 Å². The topological polar surface area (TPSA) is 43.1 Å². The van der Waals surface area contributed by atoms with Crippen LogP contribution in [0.5, 0.6) is 0 Å². The van der Waals surface area contributed by atoms with Crippen molar-refractivity contribution in [3.8, 4) is 0 Å². The fourth-order valence-corrected chi connectivity index (χ4v) is 1.07. The maximum atomic E-state index is 13.0. The maximum Gasteiger partial charge on any atom is 0.241 e. The molecule has 0 saturated heterocycles. The average Bonchev–Trinajstić information content (AvgIpc) is 2.01. The van der Waals surface area contributed by atoms with Gasteiger partial charge in [0.15, 0.2) is 0 Å². The van der Waals surface area contributed by atoms with Crippen LogP contribution in [0.25, 0.3) is 6.08 Å². The van der Waals surface area contributed by atoms with E-state index in [2.05, 4.69) is 0 Å². The lowest BCUT2D eigenvalue weighted by atomic mass is 10.2. The Morgan fingerprint density at radius 3 is 2.29 bits per heavy atom. The van der Waals surface area contributed by atoms with Crippen molar-refractivity contribution in [3.63, 3.8) is 0 Å². The van der Waals surface area contributed by atoms with Crippen molar-refractivity contribution in [2.24, 2.45) is 5.73 Å². The minimum atomic E-state index is -0.840. The van der Waals surface area contributed by atoms with Crippen molar-refractivity contribution >= 4 is 23.6 Å². The molecule has 0 aromatic heterocycles. The molecule has 0 spiro atoms. The fraction of sp³-hybridized carbons (Fsp3) is 0. The second-order valence-corrected chi connectivity index (χ2v) is 2.96. The Morgan fingerprint density at radius 2 is 1.86 bits per heavy atom. The van der Waals surface area contributed by atoms with Crippen molar-refractivity contribution in [2.75, 3.05) is 0 Å². The van der Waals surface area contributed by atoms with Gasteiger partial charge in [-0.2, -0.15) is 0 Å². The highest BCUT2D eigenvalue weighted by molar-refractivity contribution is 6.30.